The fourth-order valence-corrected chi connectivity index (χ4v) is 10.8. The Kier molecular flexibility index (Phi) is 13.4. The molecule has 1 spiro atoms. The number of likely N-dealkylation sites (tertiary alicyclic amines) is 1. The van der Waals surface area contributed by atoms with Gasteiger partial charge in [-0.25, -0.2) is 5.43 Å². The molecule has 8 rings (SSSR count). The van der Waals surface area contributed by atoms with Crippen molar-refractivity contribution in [2.24, 2.45) is 22.7 Å². The molecule has 3 aliphatic heterocycles. The highest BCUT2D eigenvalue weighted by Gasteiger charge is 2.62. The van der Waals surface area contributed by atoms with E-state index in [0.717, 1.165) is 44.4 Å². The smallest absolute Gasteiger partial charge is 0.324 e. The Morgan fingerprint density at radius 2 is 1.85 bits per heavy atom. The fraction of sp³-hybridized carbons (Fsp3) is 0.500. The number of rotatable bonds is 10. The molecule has 1 saturated carbocycles. The summed E-state index contributed by atoms with van der Waals surface area (Å²) < 4.78 is 13.9. The molecule has 6 bridgehead atoms. The highest BCUT2D eigenvalue weighted by Crippen LogP contribution is 2.51. The molecule has 3 fully saturated rings. The van der Waals surface area contributed by atoms with Crippen LogP contribution in [0.5, 0.6) is 5.75 Å². The first kappa shape index (κ1) is 47.4. The van der Waals surface area contributed by atoms with Gasteiger partial charge in [-0.15, -0.1) is 0 Å². The first-order chi connectivity index (χ1) is 32.0. The number of nitrogens with one attached hydrogen (secondary N) is 2. The lowest BCUT2D eigenvalue weighted by atomic mass is 9.84. The van der Waals surface area contributed by atoms with Crippen molar-refractivity contribution in [1.29, 1.82) is 0 Å². The highest BCUT2D eigenvalue weighted by atomic mass is 16.5. The number of aromatic nitrogens is 2. The molecule has 4 amide bonds. The first-order valence-electron chi connectivity index (χ1n) is 23.6. The van der Waals surface area contributed by atoms with Crippen LogP contribution in [0.15, 0.2) is 67.5 Å². The van der Waals surface area contributed by atoms with Crippen LogP contribution in [0.4, 0.5) is 0 Å². The molecule has 15 nitrogen and oxygen atoms in total. The minimum Gasteiger partial charge on any atom is -0.508 e. The van der Waals surface area contributed by atoms with Crippen LogP contribution in [0, 0.1) is 22.7 Å². The Balaban J connectivity index is 1.17. The number of aromatic hydroxyl groups is 1. The Hall–Kier alpha value is -6.06. The Morgan fingerprint density at radius 3 is 2.58 bits per heavy atom. The summed E-state index contributed by atoms with van der Waals surface area (Å²) in [6.07, 6.45) is 7.50. The maximum atomic E-state index is 15.0. The number of hydrogen-bond acceptors (Lipinski definition) is 10. The normalized spacial score (nSPS) is 23.2. The number of cyclic esters (lactones) is 1. The lowest BCUT2D eigenvalue weighted by Crippen LogP contribution is -2.58. The van der Waals surface area contributed by atoms with Crippen LogP contribution < -0.4 is 10.7 Å². The monoisotopic (exact) mass is 915 g/mol. The summed E-state index contributed by atoms with van der Waals surface area (Å²) in [4.78, 5) is 77.2. The number of carbonyl (C=O) groups is 5. The summed E-state index contributed by atoms with van der Waals surface area (Å²) in [6, 6.07) is 11.6. The number of likely N-dealkylation sites (N-methyl/N-ethyl adjacent to an activating group) is 1. The summed E-state index contributed by atoms with van der Waals surface area (Å²) >= 11 is 0. The molecule has 2 saturated heterocycles. The number of hydrazine groups is 1. The molecule has 67 heavy (non-hydrogen) atoms. The molecule has 5 atom stereocenters. The van der Waals surface area contributed by atoms with Gasteiger partial charge in [0.15, 0.2) is 0 Å². The van der Waals surface area contributed by atoms with E-state index in [-0.39, 0.29) is 54.9 Å². The summed E-state index contributed by atoms with van der Waals surface area (Å²) in [7, 11) is 3.29. The third-order valence-corrected chi connectivity index (χ3v) is 14.2. The lowest BCUT2D eigenvalue weighted by molar-refractivity contribution is -0.156. The molecule has 356 valence electrons. The molecule has 15 heteroatoms. The van der Waals surface area contributed by atoms with Crippen molar-refractivity contribution < 1.29 is 38.6 Å². The molecule has 3 N–H and O–H groups in total. The molecular weight excluding hydrogens is 851 g/mol. The Bertz CT molecular complexity index is 2600. The molecule has 5 heterocycles. The third kappa shape index (κ3) is 9.45. The Morgan fingerprint density at radius 1 is 1.06 bits per heavy atom. The maximum Gasteiger partial charge on any atom is 0.324 e. The van der Waals surface area contributed by atoms with Gasteiger partial charge in [0, 0.05) is 80.7 Å². The largest absolute Gasteiger partial charge is 0.508 e. The number of amides is 4. The van der Waals surface area contributed by atoms with E-state index in [9.17, 15) is 24.3 Å². The summed E-state index contributed by atoms with van der Waals surface area (Å²) in [5, 5.41) is 17.1. The van der Waals surface area contributed by atoms with E-state index in [1.54, 1.807) is 31.2 Å². The third-order valence-electron chi connectivity index (χ3n) is 14.2. The standard InChI is InChI=1S/C52H65N7O8/c1-9-44(61)57-17-15-35(28-57)48(63)56(7)45(31(3)4)47(62)54-43-25-52(43)23-32-18-36(21-38(60)20-32)34-13-14-42-39(22-34)40(46(58(42)10-2)37-19-33(29-66-8)26-53-27-37)24-51(5,6)30-67-49(64)41-12-11-16-59(55-41)50(52)65/h9,13-14,18-22,26-27,31,35,41,43,45,55,60H,1,10-12,15-17,23-25,28-30H2,2-8H3,(H,54,62)/t35-,41-,43+,45-,52?/m0/s1. The van der Waals surface area contributed by atoms with Gasteiger partial charge in [-0.1, -0.05) is 46.4 Å². The number of benzene rings is 2. The number of fused-ring (bicyclic) bond motifs is 6. The van der Waals surface area contributed by atoms with Gasteiger partial charge < -0.3 is 34.3 Å². The van der Waals surface area contributed by atoms with E-state index in [2.05, 4.69) is 71.9 Å². The second-order valence-electron chi connectivity index (χ2n) is 20.1. The molecule has 4 aliphatic rings. The molecule has 0 radical (unpaired) electrons. The van der Waals surface area contributed by atoms with Crippen LogP contribution in [0.25, 0.3) is 33.3 Å². The van der Waals surface area contributed by atoms with Crippen LogP contribution in [0.2, 0.25) is 0 Å². The van der Waals surface area contributed by atoms with Gasteiger partial charge in [0.2, 0.25) is 23.6 Å². The zero-order valence-corrected chi connectivity index (χ0v) is 39.9. The molecule has 2 aromatic heterocycles. The number of nitrogens with zero attached hydrogens (tertiary/aromatic N) is 5. The van der Waals surface area contributed by atoms with Gasteiger partial charge >= 0.3 is 5.97 Å². The van der Waals surface area contributed by atoms with Crippen LogP contribution in [-0.4, -0.2) is 118 Å². The van der Waals surface area contributed by atoms with Crippen molar-refractivity contribution >= 4 is 40.5 Å². The van der Waals surface area contributed by atoms with Gasteiger partial charge in [0.1, 0.15) is 17.8 Å². The fourth-order valence-electron chi connectivity index (χ4n) is 10.8. The number of phenolic OH excluding ortho intramolecular Hbond substituents is 1. The van der Waals surface area contributed by atoms with E-state index in [4.69, 9.17) is 9.47 Å². The molecule has 4 aromatic rings. The summed E-state index contributed by atoms with van der Waals surface area (Å²) in [5.41, 5.74) is 8.94. The average Bonchev–Trinajstić information content (AvgIpc) is 3.59. The molecule has 2 aromatic carbocycles. The predicted octanol–water partition coefficient (Wildman–Crippen LogP) is 5.80. The summed E-state index contributed by atoms with van der Waals surface area (Å²) in [5.74, 6) is -2.24. The lowest BCUT2D eigenvalue weighted by Gasteiger charge is -2.36. The number of phenols is 1. The Labute approximate surface area is 392 Å². The zero-order valence-electron chi connectivity index (χ0n) is 39.9. The number of aryl methyl sites for hydroxylation is 1. The molecule has 1 unspecified atom stereocenters. The summed E-state index contributed by atoms with van der Waals surface area (Å²) in [6.45, 7) is 15.9. The SMILES string of the molecule is C=CC(=O)N1CC[C@H](C(=O)N(C)[C@H](C(=O)N[C@@H]2CC23Cc2cc(O)cc(c2)-c2ccc4c(c2)c(c(-c2cncc(COC)c2)n4CC)CC(C)(C)COC(=O)[C@@H]2CCCN(N2)C3=O)C(C)C)C1. The van der Waals surface area contributed by atoms with Gasteiger partial charge in [-0.05, 0) is 116 Å². The number of carbonyl (C=O) groups excluding carboxylic acids is 5. The molecular formula is C52H65N7O8. The minimum atomic E-state index is -1.14. The maximum absolute atomic E-state index is 15.0. The second-order valence-corrected chi connectivity index (χ2v) is 20.1. The highest BCUT2D eigenvalue weighted by molar-refractivity contribution is 5.96. The van der Waals surface area contributed by atoms with Crippen molar-refractivity contribution in [3.05, 3.63) is 84.2 Å². The topological polar surface area (TPSA) is 176 Å². The van der Waals surface area contributed by atoms with Crippen molar-refractivity contribution in [3.63, 3.8) is 0 Å². The second kappa shape index (κ2) is 18.9. The van der Waals surface area contributed by atoms with Crippen LogP contribution in [0.1, 0.15) is 77.0 Å². The molecule has 1 aliphatic carbocycles. The van der Waals surface area contributed by atoms with Gasteiger partial charge in [-0.2, -0.15) is 0 Å². The van der Waals surface area contributed by atoms with E-state index >= 15 is 4.79 Å². The van der Waals surface area contributed by atoms with Crippen molar-refractivity contribution in [2.45, 2.75) is 104 Å². The predicted molar refractivity (Wildman–Crippen MR) is 254 cm³/mol. The van der Waals surface area contributed by atoms with Crippen LogP contribution in [-0.2, 0) is 59.4 Å². The van der Waals surface area contributed by atoms with E-state index in [0.29, 0.717) is 63.9 Å². The average molecular weight is 916 g/mol. The van der Waals surface area contributed by atoms with Crippen molar-refractivity contribution in [3.8, 4) is 28.1 Å². The van der Waals surface area contributed by atoms with E-state index in [1.807, 2.05) is 32.3 Å². The van der Waals surface area contributed by atoms with Crippen molar-refractivity contribution in [2.75, 3.05) is 40.4 Å². The van der Waals surface area contributed by atoms with Crippen LogP contribution in [0.3, 0.4) is 0 Å². The van der Waals surface area contributed by atoms with Gasteiger partial charge in [0.25, 0.3) is 0 Å². The van der Waals surface area contributed by atoms with Gasteiger partial charge in [0.05, 0.1) is 30.2 Å². The number of esters is 1. The zero-order chi connectivity index (χ0) is 47.9. The van der Waals surface area contributed by atoms with Gasteiger partial charge in [-0.3, -0.25) is 34.0 Å². The first-order valence-corrected chi connectivity index (χ1v) is 23.6. The number of hydrogen-bond donors (Lipinski definition) is 3. The minimum absolute atomic E-state index is 0.0410. The van der Waals surface area contributed by atoms with E-state index < -0.39 is 40.8 Å². The number of ether oxygens (including phenoxy) is 2. The number of methoxy groups -OCH3 is 1. The number of pyridine rings is 1. The van der Waals surface area contributed by atoms with E-state index in [1.165, 1.54) is 16.0 Å². The quantitative estimate of drug-likeness (QED) is 0.130. The van der Waals surface area contributed by atoms with Crippen LogP contribution >= 0.6 is 0 Å². The van der Waals surface area contributed by atoms with Crippen molar-refractivity contribution in [1.82, 2.24) is 35.1 Å².